The van der Waals surface area contributed by atoms with Crippen molar-refractivity contribution in [3.63, 3.8) is 0 Å². The van der Waals surface area contributed by atoms with E-state index in [1.165, 1.54) is 0 Å². The van der Waals surface area contributed by atoms with Gasteiger partial charge in [0.25, 0.3) is 0 Å². The van der Waals surface area contributed by atoms with Crippen LogP contribution < -0.4 is 0 Å². The number of hydrogen-bond acceptors (Lipinski definition) is 2. The van der Waals surface area contributed by atoms with Crippen LogP contribution in [0.25, 0.3) is 0 Å². The van der Waals surface area contributed by atoms with Crippen LogP contribution in [0.15, 0.2) is 12.1 Å². The summed E-state index contributed by atoms with van der Waals surface area (Å²) < 4.78 is 0. The maximum absolute atomic E-state index is 12.3. The van der Waals surface area contributed by atoms with E-state index in [2.05, 4.69) is 0 Å². The SMILES string of the molecule is Cc1cc(C)c(C(=O)C(C(=O)O)C(C)C)cc1C. The van der Waals surface area contributed by atoms with Gasteiger partial charge in [-0.3, -0.25) is 9.59 Å². The van der Waals surface area contributed by atoms with Crippen molar-refractivity contribution in [1.29, 1.82) is 0 Å². The molecule has 0 spiro atoms. The van der Waals surface area contributed by atoms with Gasteiger partial charge in [0.15, 0.2) is 5.78 Å². The van der Waals surface area contributed by atoms with Crippen LogP contribution in [0.3, 0.4) is 0 Å². The highest BCUT2D eigenvalue weighted by Gasteiger charge is 2.31. The fraction of sp³-hybridized carbons (Fsp3) is 0.467. The summed E-state index contributed by atoms with van der Waals surface area (Å²) in [6, 6.07) is 3.73. The fourth-order valence-corrected chi connectivity index (χ4v) is 2.09. The Hall–Kier alpha value is -1.64. The fourth-order valence-electron chi connectivity index (χ4n) is 2.09. The summed E-state index contributed by atoms with van der Waals surface area (Å²) >= 11 is 0. The Bertz CT molecular complexity index is 487. The molecule has 0 heterocycles. The number of hydrogen-bond donors (Lipinski definition) is 1. The zero-order valence-electron chi connectivity index (χ0n) is 11.6. The lowest BCUT2D eigenvalue weighted by Crippen LogP contribution is -2.29. The first-order valence-electron chi connectivity index (χ1n) is 6.10. The molecule has 0 aliphatic heterocycles. The lowest BCUT2D eigenvalue weighted by atomic mass is 9.85. The van der Waals surface area contributed by atoms with E-state index in [-0.39, 0.29) is 11.7 Å². The molecule has 0 fully saturated rings. The van der Waals surface area contributed by atoms with Crippen LogP contribution in [0.2, 0.25) is 0 Å². The Morgan fingerprint density at radius 2 is 1.50 bits per heavy atom. The molecule has 0 aliphatic rings. The van der Waals surface area contributed by atoms with Gasteiger partial charge in [0.2, 0.25) is 0 Å². The number of aryl methyl sites for hydroxylation is 3. The third-order valence-corrected chi connectivity index (χ3v) is 3.32. The van der Waals surface area contributed by atoms with Gasteiger partial charge in [-0.05, 0) is 49.4 Å². The maximum Gasteiger partial charge on any atom is 0.314 e. The molecule has 1 atom stereocenters. The van der Waals surface area contributed by atoms with Crippen LogP contribution >= 0.6 is 0 Å². The lowest BCUT2D eigenvalue weighted by Gasteiger charge is -2.17. The summed E-state index contributed by atoms with van der Waals surface area (Å²) in [5, 5.41) is 9.17. The zero-order valence-corrected chi connectivity index (χ0v) is 11.6. The molecule has 0 saturated carbocycles. The molecule has 1 aromatic carbocycles. The number of carboxylic acids is 1. The summed E-state index contributed by atoms with van der Waals surface area (Å²) in [7, 11) is 0. The third kappa shape index (κ3) is 2.78. The average Bonchev–Trinajstić information content (AvgIpc) is 2.22. The second kappa shape index (κ2) is 5.34. The van der Waals surface area contributed by atoms with Crippen molar-refractivity contribution in [3.8, 4) is 0 Å². The van der Waals surface area contributed by atoms with Crippen LogP contribution in [0.4, 0.5) is 0 Å². The van der Waals surface area contributed by atoms with Crippen LogP contribution in [-0.2, 0) is 4.79 Å². The number of Topliss-reactive ketones (excluding diaryl/α,β-unsaturated/α-hetero) is 1. The Morgan fingerprint density at radius 1 is 1.00 bits per heavy atom. The Kier molecular flexibility index (Phi) is 4.28. The number of benzene rings is 1. The van der Waals surface area contributed by atoms with Gasteiger partial charge in [-0.2, -0.15) is 0 Å². The van der Waals surface area contributed by atoms with E-state index < -0.39 is 11.9 Å². The van der Waals surface area contributed by atoms with Crippen molar-refractivity contribution in [1.82, 2.24) is 0 Å². The van der Waals surface area contributed by atoms with E-state index in [4.69, 9.17) is 5.11 Å². The van der Waals surface area contributed by atoms with Gasteiger partial charge in [-0.15, -0.1) is 0 Å². The summed E-state index contributed by atoms with van der Waals surface area (Å²) in [6.45, 7) is 9.27. The average molecular weight is 248 g/mol. The molecule has 3 heteroatoms. The first-order chi connectivity index (χ1) is 8.25. The number of ketones is 1. The molecular formula is C15H20O3. The number of carbonyl (C=O) groups excluding carboxylic acids is 1. The van der Waals surface area contributed by atoms with E-state index in [0.717, 1.165) is 16.7 Å². The minimum atomic E-state index is -1.05. The highest BCUT2D eigenvalue weighted by Crippen LogP contribution is 2.22. The number of carboxylic acid groups (broad SMARTS) is 1. The summed E-state index contributed by atoms with van der Waals surface area (Å²) in [6.07, 6.45) is 0. The summed E-state index contributed by atoms with van der Waals surface area (Å²) in [5.41, 5.74) is 3.49. The Balaban J connectivity index is 3.25. The number of aliphatic carboxylic acids is 1. The predicted molar refractivity (Wildman–Crippen MR) is 70.9 cm³/mol. The highest BCUT2D eigenvalue weighted by atomic mass is 16.4. The molecule has 0 radical (unpaired) electrons. The third-order valence-electron chi connectivity index (χ3n) is 3.32. The molecular weight excluding hydrogens is 228 g/mol. The molecule has 0 aromatic heterocycles. The zero-order chi connectivity index (χ0) is 14.0. The molecule has 1 N–H and O–H groups in total. The number of carbonyl (C=O) groups is 2. The van der Waals surface area contributed by atoms with Gasteiger partial charge >= 0.3 is 5.97 Å². The quantitative estimate of drug-likeness (QED) is 0.657. The molecule has 1 rings (SSSR count). The van der Waals surface area contributed by atoms with Crippen molar-refractivity contribution in [2.24, 2.45) is 11.8 Å². The molecule has 3 nitrogen and oxygen atoms in total. The smallest absolute Gasteiger partial charge is 0.314 e. The molecule has 0 saturated heterocycles. The summed E-state index contributed by atoms with van der Waals surface area (Å²) in [5.74, 6) is -2.52. The van der Waals surface area contributed by atoms with E-state index in [0.29, 0.717) is 5.56 Å². The van der Waals surface area contributed by atoms with Gasteiger partial charge in [-0.1, -0.05) is 19.9 Å². The second-order valence-electron chi connectivity index (χ2n) is 5.18. The van der Waals surface area contributed by atoms with Gasteiger partial charge < -0.3 is 5.11 Å². The van der Waals surface area contributed by atoms with Gasteiger partial charge in [0, 0.05) is 5.56 Å². The second-order valence-corrected chi connectivity index (χ2v) is 5.18. The predicted octanol–water partition coefficient (Wildman–Crippen LogP) is 3.15. The normalized spacial score (nSPS) is 12.6. The summed E-state index contributed by atoms with van der Waals surface area (Å²) in [4.78, 5) is 23.5. The standard InChI is InChI=1S/C15H20O3/c1-8(2)13(15(17)18)14(16)12-7-10(4)9(3)6-11(12)5/h6-8,13H,1-5H3,(H,17,18). The van der Waals surface area contributed by atoms with Crippen LogP contribution in [0.1, 0.15) is 40.9 Å². The largest absolute Gasteiger partial charge is 0.481 e. The molecule has 1 aromatic rings. The maximum atomic E-state index is 12.3. The van der Waals surface area contributed by atoms with Crippen LogP contribution in [0.5, 0.6) is 0 Å². The topological polar surface area (TPSA) is 54.4 Å². The minimum absolute atomic E-state index is 0.212. The lowest BCUT2D eigenvalue weighted by molar-refractivity contribution is -0.141. The number of rotatable bonds is 4. The molecule has 18 heavy (non-hydrogen) atoms. The Morgan fingerprint density at radius 3 is 1.94 bits per heavy atom. The first-order valence-corrected chi connectivity index (χ1v) is 6.10. The van der Waals surface area contributed by atoms with E-state index >= 15 is 0 Å². The van der Waals surface area contributed by atoms with Gasteiger partial charge in [0.05, 0.1) is 0 Å². The first kappa shape index (κ1) is 14.4. The molecule has 98 valence electrons. The van der Waals surface area contributed by atoms with Crippen LogP contribution in [0, 0.1) is 32.6 Å². The van der Waals surface area contributed by atoms with Crippen molar-refractivity contribution >= 4 is 11.8 Å². The van der Waals surface area contributed by atoms with Gasteiger partial charge in [0.1, 0.15) is 5.92 Å². The Labute approximate surface area is 108 Å². The molecule has 0 aliphatic carbocycles. The van der Waals surface area contributed by atoms with Crippen molar-refractivity contribution in [2.75, 3.05) is 0 Å². The monoisotopic (exact) mass is 248 g/mol. The highest BCUT2D eigenvalue weighted by molar-refractivity contribution is 6.09. The molecule has 1 unspecified atom stereocenters. The molecule has 0 amide bonds. The van der Waals surface area contributed by atoms with E-state index in [9.17, 15) is 9.59 Å². The van der Waals surface area contributed by atoms with Crippen LogP contribution in [-0.4, -0.2) is 16.9 Å². The van der Waals surface area contributed by atoms with Crippen molar-refractivity contribution < 1.29 is 14.7 Å². The van der Waals surface area contributed by atoms with Crippen molar-refractivity contribution in [3.05, 3.63) is 34.4 Å². The van der Waals surface area contributed by atoms with E-state index in [1.807, 2.05) is 26.8 Å². The van der Waals surface area contributed by atoms with Crippen molar-refractivity contribution in [2.45, 2.75) is 34.6 Å². The van der Waals surface area contributed by atoms with Gasteiger partial charge in [-0.25, -0.2) is 0 Å². The van der Waals surface area contributed by atoms with E-state index in [1.54, 1.807) is 19.9 Å². The molecule has 0 bridgehead atoms. The minimum Gasteiger partial charge on any atom is -0.481 e.